The Kier molecular flexibility index (Phi) is 4.42. The molecule has 0 aliphatic heterocycles. The van der Waals surface area contributed by atoms with Crippen LogP contribution in [0.3, 0.4) is 0 Å². The maximum atomic E-state index is 13.8. The Labute approximate surface area is 114 Å². The summed E-state index contributed by atoms with van der Waals surface area (Å²) in [6.07, 6.45) is 2.31. The Morgan fingerprint density at radius 1 is 1.47 bits per heavy atom. The predicted octanol–water partition coefficient (Wildman–Crippen LogP) is 2.38. The van der Waals surface area contributed by atoms with E-state index >= 15 is 0 Å². The van der Waals surface area contributed by atoms with Crippen LogP contribution in [0.25, 0.3) is 0 Å². The van der Waals surface area contributed by atoms with E-state index in [9.17, 15) is 9.50 Å². The molecule has 1 fully saturated rings. The molecule has 2 N–H and O–H groups in total. The molecule has 106 valence electrons. The number of aliphatic hydroxyl groups is 1. The topological polar surface area (TPSA) is 35.5 Å². The highest BCUT2D eigenvalue weighted by atomic mass is 19.1. The van der Waals surface area contributed by atoms with Gasteiger partial charge in [-0.1, -0.05) is 0 Å². The number of hydrogen-bond donors (Lipinski definition) is 2. The summed E-state index contributed by atoms with van der Waals surface area (Å²) < 4.78 is 13.8. The monoisotopic (exact) mass is 266 g/mol. The maximum Gasteiger partial charge on any atom is 0.126 e. The fraction of sp³-hybridized carbons (Fsp3) is 0.600. The van der Waals surface area contributed by atoms with Gasteiger partial charge in [-0.05, 0) is 57.0 Å². The van der Waals surface area contributed by atoms with Crippen molar-refractivity contribution in [2.45, 2.75) is 38.8 Å². The molecule has 0 aromatic heterocycles. The summed E-state index contributed by atoms with van der Waals surface area (Å²) in [5, 5.41) is 12.4. The van der Waals surface area contributed by atoms with Gasteiger partial charge in [-0.3, -0.25) is 0 Å². The summed E-state index contributed by atoms with van der Waals surface area (Å²) in [5.41, 5.74) is 2.67. The first-order chi connectivity index (χ1) is 9.08. The number of rotatable bonds is 6. The molecule has 0 bridgehead atoms. The van der Waals surface area contributed by atoms with E-state index in [1.54, 1.807) is 13.0 Å². The quantitative estimate of drug-likeness (QED) is 0.830. The molecule has 0 spiro atoms. The van der Waals surface area contributed by atoms with Gasteiger partial charge in [0.25, 0.3) is 0 Å². The Bertz CT molecular complexity index is 446. The lowest BCUT2D eigenvalue weighted by Gasteiger charge is -2.29. The minimum atomic E-state index is -0.166. The minimum absolute atomic E-state index is 0.0880. The van der Waals surface area contributed by atoms with Gasteiger partial charge >= 0.3 is 0 Å². The second-order valence-corrected chi connectivity index (χ2v) is 5.32. The molecule has 1 saturated carbocycles. The van der Waals surface area contributed by atoms with Crippen molar-refractivity contribution in [2.75, 3.05) is 25.1 Å². The number of benzene rings is 1. The summed E-state index contributed by atoms with van der Waals surface area (Å²) in [4.78, 5) is 2.22. The minimum Gasteiger partial charge on any atom is -0.395 e. The molecule has 0 radical (unpaired) electrons. The molecule has 4 heteroatoms. The third kappa shape index (κ3) is 3.07. The highest BCUT2D eigenvalue weighted by Gasteiger charge is 2.31. The van der Waals surface area contributed by atoms with Gasteiger partial charge in [0.15, 0.2) is 0 Å². The van der Waals surface area contributed by atoms with Crippen molar-refractivity contribution in [3.05, 3.63) is 29.1 Å². The summed E-state index contributed by atoms with van der Waals surface area (Å²) in [7, 11) is 1.87. The Morgan fingerprint density at radius 3 is 2.68 bits per heavy atom. The van der Waals surface area contributed by atoms with Crippen LogP contribution in [-0.4, -0.2) is 31.3 Å². The van der Waals surface area contributed by atoms with Gasteiger partial charge in [-0.25, -0.2) is 4.39 Å². The molecule has 1 aromatic carbocycles. The van der Waals surface area contributed by atoms with E-state index in [1.165, 1.54) is 0 Å². The van der Waals surface area contributed by atoms with Gasteiger partial charge in [0.1, 0.15) is 5.82 Å². The Balaban J connectivity index is 2.42. The van der Waals surface area contributed by atoms with Gasteiger partial charge in [-0.15, -0.1) is 0 Å². The SMILES string of the molecule is CNC(C)c1cc(F)c(C)cc1N(CCO)C1CC1. The normalized spacial score (nSPS) is 16.5. The second kappa shape index (κ2) is 5.88. The van der Waals surface area contributed by atoms with Crippen LogP contribution < -0.4 is 10.2 Å². The fourth-order valence-electron chi connectivity index (χ4n) is 2.43. The van der Waals surface area contributed by atoms with Crippen LogP contribution in [-0.2, 0) is 0 Å². The molecule has 0 amide bonds. The first-order valence-corrected chi connectivity index (χ1v) is 6.93. The average Bonchev–Trinajstić information content (AvgIpc) is 3.22. The molecule has 1 aliphatic rings. The zero-order valence-corrected chi connectivity index (χ0v) is 11.9. The van der Waals surface area contributed by atoms with Gasteiger partial charge in [0, 0.05) is 24.3 Å². The molecule has 0 saturated heterocycles. The molecule has 2 rings (SSSR count). The number of nitrogens with one attached hydrogen (secondary N) is 1. The van der Waals surface area contributed by atoms with Crippen molar-refractivity contribution in [3.63, 3.8) is 0 Å². The first-order valence-electron chi connectivity index (χ1n) is 6.93. The van der Waals surface area contributed by atoms with Crippen LogP contribution in [0.4, 0.5) is 10.1 Å². The smallest absolute Gasteiger partial charge is 0.126 e. The molecule has 19 heavy (non-hydrogen) atoms. The van der Waals surface area contributed by atoms with Crippen molar-refractivity contribution in [1.29, 1.82) is 0 Å². The summed E-state index contributed by atoms with van der Waals surface area (Å²) in [6, 6.07) is 4.12. The largest absolute Gasteiger partial charge is 0.395 e. The van der Waals surface area contributed by atoms with E-state index in [4.69, 9.17) is 0 Å². The number of anilines is 1. The second-order valence-electron chi connectivity index (χ2n) is 5.32. The highest BCUT2D eigenvalue weighted by molar-refractivity contribution is 5.58. The molecule has 1 aliphatic carbocycles. The first kappa shape index (κ1) is 14.3. The van der Waals surface area contributed by atoms with E-state index in [0.717, 1.165) is 24.1 Å². The van der Waals surface area contributed by atoms with Gasteiger partial charge in [0.2, 0.25) is 0 Å². The van der Waals surface area contributed by atoms with E-state index in [1.807, 2.05) is 20.0 Å². The lowest BCUT2D eigenvalue weighted by molar-refractivity contribution is 0.301. The van der Waals surface area contributed by atoms with Gasteiger partial charge in [0.05, 0.1) is 6.61 Å². The molecule has 1 unspecified atom stereocenters. The third-order valence-corrected chi connectivity index (χ3v) is 3.85. The number of halogens is 1. The molecular weight excluding hydrogens is 243 g/mol. The van der Waals surface area contributed by atoms with Gasteiger partial charge in [-0.2, -0.15) is 0 Å². The van der Waals surface area contributed by atoms with Crippen LogP contribution in [0.1, 0.15) is 36.9 Å². The molecule has 1 atom stereocenters. The maximum absolute atomic E-state index is 13.8. The number of nitrogens with zero attached hydrogens (tertiary/aromatic N) is 1. The molecular formula is C15H23FN2O. The van der Waals surface area contributed by atoms with Crippen molar-refractivity contribution in [2.24, 2.45) is 0 Å². The van der Waals surface area contributed by atoms with Crippen LogP contribution >= 0.6 is 0 Å². The standard InChI is InChI=1S/C15H23FN2O/c1-10-8-15(18(6-7-19)12-4-5-12)13(9-14(10)16)11(2)17-3/h8-9,11-12,17,19H,4-7H2,1-3H3. The number of aliphatic hydroxyl groups excluding tert-OH is 1. The van der Waals surface area contributed by atoms with Crippen molar-refractivity contribution >= 4 is 5.69 Å². The van der Waals surface area contributed by atoms with E-state index in [2.05, 4.69) is 10.2 Å². The van der Waals surface area contributed by atoms with E-state index < -0.39 is 0 Å². The van der Waals surface area contributed by atoms with Crippen LogP contribution in [0, 0.1) is 12.7 Å². The van der Waals surface area contributed by atoms with E-state index in [0.29, 0.717) is 18.2 Å². The number of hydrogen-bond acceptors (Lipinski definition) is 3. The zero-order valence-electron chi connectivity index (χ0n) is 11.9. The molecule has 1 aromatic rings. The predicted molar refractivity (Wildman–Crippen MR) is 76.1 cm³/mol. The zero-order chi connectivity index (χ0) is 14.0. The number of aryl methyl sites for hydroxylation is 1. The average molecular weight is 266 g/mol. The Hall–Kier alpha value is -1.13. The highest BCUT2D eigenvalue weighted by Crippen LogP contribution is 2.36. The summed E-state index contributed by atoms with van der Waals surface area (Å²) >= 11 is 0. The van der Waals surface area contributed by atoms with Crippen molar-refractivity contribution < 1.29 is 9.50 Å². The Morgan fingerprint density at radius 2 is 2.16 bits per heavy atom. The lowest BCUT2D eigenvalue weighted by atomic mass is 10.0. The summed E-state index contributed by atoms with van der Waals surface area (Å²) in [6.45, 7) is 4.55. The van der Waals surface area contributed by atoms with Gasteiger partial charge < -0.3 is 15.3 Å². The van der Waals surface area contributed by atoms with Crippen molar-refractivity contribution in [3.8, 4) is 0 Å². The summed E-state index contributed by atoms with van der Waals surface area (Å²) in [5.74, 6) is -0.166. The van der Waals surface area contributed by atoms with Crippen LogP contribution in [0.5, 0.6) is 0 Å². The molecule has 0 heterocycles. The van der Waals surface area contributed by atoms with Crippen LogP contribution in [0.15, 0.2) is 12.1 Å². The van der Waals surface area contributed by atoms with E-state index in [-0.39, 0.29) is 18.5 Å². The molecule has 3 nitrogen and oxygen atoms in total. The van der Waals surface area contributed by atoms with Crippen LogP contribution in [0.2, 0.25) is 0 Å². The third-order valence-electron chi connectivity index (χ3n) is 3.85. The lowest BCUT2D eigenvalue weighted by Crippen LogP contribution is -2.31. The van der Waals surface area contributed by atoms with Crippen molar-refractivity contribution in [1.82, 2.24) is 5.32 Å². The fourth-order valence-corrected chi connectivity index (χ4v) is 2.43.